The van der Waals surface area contributed by atoms with E-state index in [0.717, 1.165) is 18.9 Å². The molecule has 0 aliphatic carbocycles. The van der Waals surface area contributed by atoms with Gasteiger partial charge in [0, 0.05) is 31.9 Å². The van der Waals surface area contributed by atoms with Gasteiger partial charge in [0.15, 0.2) is 5.96 Å². The lowest BCUT2D eigenvalue weighted by Crippen LogP contribution is -2.46. The van der Waals surface area contributed by atoms with Crippen molar-refractivity contribution in [2.45, 2.75) is 32.4 Å². The van der Waals surface area contributed by atoms with E-state index in [2.05, 4.69) is 26.4 Å². The van der Waals surface area contributed by atoms with E-state index < -0.39 is 0 Å². The molecule has 0 saturated heterocycles. The lowest BCUT2D eigenvalue weighted by molar-refractivity contribution is 0.608. The van der Waals surface area contributed by atoms with Gasteiger partial charge in [0.2, 0.25) is 5.96 Å². The number of rotatable bonds is 3. The molecular formula is C13H22N6. The Morgan fingerprint density at radius 3 is 2.79 bits per heavy atom. The number of aromatic nitrogens is 1. The lowest BCUT2D eigenvalue weighted by atomic mass is 10.2. The van der Waals surface area contributed by atoms with Crippen molar-refractivity contribution in [3.05, 3.63) is 24.0 Å². The number of guanidine groups is 2. The molecular weight excluding hydrogens is 240 g/mol. The van der Waals surface area contributed by atoms with Crippen LogP contribution in [0.1, 0.15) is 19.5 Å². The van der Waals surface area contributed by atoms with Crippen molar-refractivity contribution in [1.29, 1.82) is 0 Å². The summed E-state index contributed by atoms with van der Waals surface area (Å²) in [6.45, 7) is 4.88. The third-order valence-corrected chi connectivity index (χ3v) is 3.36. The van der Waals surface area contributed by atoms with E-state index in [4.69, 9.17) is 5.73 Å². The van der Waals surface area contributed by atoms with Crippen LogP contribution >= 0.6 is 0 Å². The minimum atomic E-state index is 0.102. The molecule has 2 heterocycles. The highest BCUT2D eigenvalue weighted by atomic mass is 15.4. The maximum absolute atomic E-state index is 5.94. The van der Waals surface area contributed by atoms with Gasteiger partial charge in [0.05, 0.1) is 12.1 Å². The zero-order valence-corrected chi connectivity index (χ0v) is 11.7. The van der Waals surface area contributed by atoms with Gasteiger partial charge < -0.3 is 16.0 Å². The van der Waals surface area contributed by atoms with E-state index in [0.29, 0.717) is 5.96 Å². The van der Waals surface area contributed by atoms with Crippen molar-refractivity contribution in [1.82, 2.24) is 15.2 Å². The standard InChI is InChI=1S/C13H22N6/c1-9-10(2)18-13(19(3)12(14)17-9)16-8-6-11-5-4-7-15-11/h4-5,7,9-10,15H,6,8H2,1-3H3,(H2,14,17)(H,16,18). The summed E-state index contributed by atoms with van der Waals surface area (Å²) in [5.41, 5.74) is 7.14. The third-order valence-electron chi connectivity index (χ3n) is 3.36. The van der Waals surface area contributed by atoms with Crippen molar-refractivity contribution in [2.24, 2.45) is 15.7 Å². The molecule has 1 aliphatic rings. The van der Waals surface area contributed by atoms with Crippen molar-refractivity contribution >= 4 is 11.9 Å². The Morgan fingerprint density at radius 1 is 1.37 bits per heavy atom. The second-order valence-corrected chi connectivity index (χ2v) is 4.85. The zero-order chi connectivity index (χ0) is 13.8. The molecule has 6 nitrogen and oxygen atoms in total. The highest BCUT2D eigenvalue weighted by molar-refractivity contribution is 5.98. The molecule has 1 aliphatic heterocycles. The largest absolute Gasteiger partial charge is 0.369 e. The average molecular weight is 262 g/mol. The molecule has 19 heavy (non-hydrogen) atoms. The van der Waals surface area contributed by atoms with Crippen LogP contribution in [0, 0.1) is 0 Å². The monoisotopic (exact) mass is 262 g/mol. The molecule has 1 aromatic rings. The Balaban J connectivity index is 1.97. The topological polar surface area (TPSA) is 81.8 Å². The van der Waals surface area contributed by atoms with Gasteiger partial charge in [-0.05, 0) is 26.0 Å². The fraction of sp³-hybridized carbons (Fsp3) is 0.538. The first-order valence-corrected chi connectivity index (χ1v) is 6.59. The van der Waals surface area contributed by atoms with Gasteiger partial charge in [0.25, 0.3) is 0 Å². The van der Waals surface area contributed by atoms with Gasteiger partial charge in [-0.3, -0.25) is 4.90 Å². The number of nitrogens with one attached hydrogen (secondary N) is 2. The van der Waals surface area contributed by atoms with Crippen LogP contribution in [-0.4, -0.2) is 47.5 Å². The van der Waals surface area contributed by atoms with E-state index in [9.17, 15) is 0 Å². The summed E-state index contributed by atoms with van der Waals surface area (Å²) in [5, 5.41) is 3.33. The first-order chi connectivity index (χ1) is 9.08. The van der Waals surface area contributed by atoms with E-state index in [1.165, 1.54) is 5.69 Å². The van der Waals surface area contributed by atoms with Crippen LogP contribution in [0.3, 0.4) is 0 Å². The normalized spacial score (nSPS) is 23.6. The molecule has 2 atom stereocenters. The highest BCUT2D eigenvalue weighted by Crippen LogP contribution is 2.08. The number of hydrogen-bond donors (Lipinski definition) is 3. The van der Waals surface area contributed by atoms with Crippen molar-refractivity contribution in [3.8, 4) is 0 Å². The molecule has 0 aromatic carbocycles. The summed E-state index contributed by atoms with van der Waals surface area (Å²) in [6.07, 6.45) is 2.85. The van der Waals surface area contributed by atoms with Crippen LogP contribution in [0.15, 0.2) is 28.3 Å². The summed E-state index contributed by atoms with van der Waals surface area (Å²) in [6, 6.07) is 4.29. The molecule has 6 heteroatoms. The van der Waals surface area contributed by atoms with Crippen LogP contribution in [-0.2, 0) is 6.42 Å². The van der Waals surface area contributed by atoms with Gasteiger partial charge in [0.1, 0.15) is 0 Å². The van der Waals surface area contributed by atoms with Crippen molar-refractivity contribution in [3.63, 3.8) is 0 Å². The molecule has 0 fully saturated rings. The van der Waals surface area contributed by atoms with Crippen LogP contribution in [0.5, 0.6) is 0 Å². The fourth-order valence-corrected chi connectivity index (χ4v) is 1.90. The van der Waals surface area contributed by atoms with Gasteiger partial charge >= 0.3 is 0 Å². The van der Waals surface area contributed by atoms with Crippen LogP contribution in [0.25, 0.3) is 0 Å². The average Bonchev–Trinajstić information content (AvgIpc) is 2.86. The molecule has 2 unspecified atom stereocenters. The maximum atomic E-state index is 5.94. The third kappa shape index (κ3) is 3.27. The Morgan fingerprint density at radius 2 is 2.11 bits per heavy atom. The Hall–Kier alpha value is -1.98. The van der Waals surface area contributed by atoms with Gasteiger partial charge in [-0.1, -0.05) is 0 Å². The van der Waals surface area contributed by atoms with E-state index in [1.807, 2.05) is 33.2 Å². The zero-order valence-electron chi connectivity index (χ0n) is 11.7. The molecule has 0 radical (unpaired) electrons. The highest BCUT2D eigenvalue weighted by Gasteiger charge is 2.20. The minimum absolute atomic E-state index is 0.102. The molecule has 0 bridgehead atoms. The Labute approximate surface area is 113 Å². The number of nitrogens with zero attached hydrogens (tertiary/aromatic N) is 3. The summed E-state index contributed by atoms with van der Waals surface area (Å²) in [7, 11) is 1.88. The van der Waals surface area contributed by atoms with Crippen molar-refractivity contribution < 1.29 is 0 Å². The number of hydrogen-bond acceptors (Lipinski definition) is 5. The number of aromatic amines is 1. The van der Waals surface area contributed by atoms with Crippen molar-refractivity contribution in [2.75, 3.05) is 13.6 Å². The number of aliphatic imine (C=N–C) groups is 2. The summed E-state index contributed by atoms with van der Waals surface area (Å²) < 4.78 is 0. The quantitative estimate of drug-likeness (QED) is 0.743. The molecule has 0 spiro atoms. The number of H-pyrrole nitrogens is 1. The predicted molar refractivity (Wildman–Crippen MR) is 78.2 cm³/mol. The Kier molecular flexibility index (Phi) is 4.09. The van der Waals surface area contributed by atoms with E-state index >= 15 is 0 Å². The van der Waals surface area contributed by atoms with Crippen LogP contribution < -0.4 is 11.1 Å². The smallest absolute Gasteiger partial charge is 0.200 e. The SMILES string of the molecule is CC1N=C(N)N(C)C(NCCc2ccc[nH]2)=NC1C. The first kappa shape index (κ1) is 13.5. The fourth-order valence-electron chi connectivity index (χ4n) is 1.90. The second-order valence-electron chi connectivity index (χ2n) is 4.85. The molecule has 0 amide bonds. The molecule has 104 valence electrons. The van der Waals surface area contributed by atoms with Crippen LogP contribution in [0.2, 0.25) is 0 Å². The molecule has 4 N–H and O–H groups in total. The van der Waals surface area contributed by atoms with E-state index in [-0.39, 0.29) is 12.1 Å². The summed E-state index contributed by atoms with van der Waals surface area (Å²) in [4.78, 5) is 14.0. The molecule has 0 saturated carbocycles. The maximum Gasteiger partial charge on any atom is 0.200 e. The summed E-state index contributed by atoms with van der Waals surface area (Å²) >= 11 is 0. The molecule has 2 rings (SSSR count). The van der Waals surface area contributed by atoms with Crippen LogP contribution in [0.4, 0.5) is 0 Å². The second kappa shape index (κ2) is 5.77. The summed E-state index contributed by atoms with van der Waals surface area (Å²) in [5.74, 6) is 1.28. The minimum Gasteiger partial charge on any atom is -0.369 e. The predicted octanol–water partition coefficient (Wildman–Crippen LogP) is 0.540. The van der Waals surface area contributed by atoms with Gasteiger partial charge in [-0.25, -0.2) is 9.98 Å². The van der Waals surface area contributed by atoms with Gasteiger partial charge in [-0.2, -0.15) is 0 Å². The first-order valence-electron chi connectivity index (χ1n) is 6.59. The van der Waals surface area contributed by atoms with E-state index in [1.54, 1.807) is 4.90 Å². The lowest BCUT2D eigenvalue weighted by Gasteiger charge is -2.20. The van der Waals surface area contributed by atoms with Gasteiger partial charge in [-0.15, -0.1) is 0 Å². The Bertz CT molecular complexity index is 461. The molecule has 1 aromatic heterocycles. The number of nitrogens with two attached hydrogens (primary N) is 1.